The lowest BCUT2D eigenvalue weighted by Gasteiger charge is -2.01. The van der Waals surface area contributed by atoms with Gasteiger partial charge in [-0.1, -0.05) is 13.8 Å². The van der Waals surface area contributed by atoms with Crippen molar-refractivity contribution >= 4 is 11.8 Å². The van der Waals surface area contributed by atoms with E-state index in [1.54, 1.807) is 0 Å². The molecule has 9 heavy (non-hydrogen) atoms. The fourth-order valence-corrected chi connectivity index (χ4v) is 1.55. The van der Waals surface area contributed by atoms with Crippen LogP contribution in [0.5, 0.6) is 0 Å². The van der Waals surface area contributed by atoms with E-state index < -0.39 is 5.92 Å². The lowest BCUT2D eigenvalue weighted by molar-refractivity contribution is 0.0309. The summed E-state index contributed by atoms with van der Waals surface area (Å²) < 4.78 is 23.8. The molecule has 1 fully saturated rings. The fraction of sp³-hybridized carbons (Fsp3) is 1.00. The Hall–Kier alpha value is 0.210. The molecule has 0 radical (unpaired) electrons. The van der Waals surface area contributed by atoms with E-state index in [1.165, 1.54) is 11.8 Å². The van der Waals surface area contributed by atoms with Gasteiger partial charge in [-0.3, -0.25) is 0 Å². The van der Waals surface area contributed by atoms with Crippen molar-refractivity contribution in [2.24, 2.45) is 0 Å². The van der Waals surface area contributed by atoms with Crippen LogP contribution >= 0.6 is 11.8 Å². The lowest BCUT2D eigenvalue weighted by atomic mass is 10.3. The first kappa shape index (κ1) is 9.21. The van der Waals surface area contributed by atoms with E-state index in [1.807, 2.05) is 13.8 Å². The molecule has 1 saturated heterocycles. The second-order valence-electron chi connectivity index (χ2n) is 1.66. The predicted molar refractivity (Wildman–Crippen MR) is 38.2 cm³/mol. The van der Waals surface area contributed by atoms with Crippen LogP contribution in [-0.2, 0) is 0 Å². The van der Waals surface area contributed by atoms with E-state index >= 15 is 0 Å². The van der Waals surface area contributed by atoms with E-state index in [9.17, 15) is 8.78 Å². The van der Waals surface area contributed by atoms with Gasteiger partial charge in [-0.2, -0.15) is 11.8 Å². The van der Waals surface area contributed by atoms with Gasteiger partial charge in [0, 0.05) is 6.42 Å². The average molecular weight is 154 g/mol. The first-order chi connectivity index (χ1) is 4.21. The summed E-state index contributed by atoms with van der Waals surface area (Å²) in [5.41, 5.74) is 0. The van der Waals surface area contributed by atoms with Crippen molar-refractivity contribution in [1.82, 2.24) is 0 Å². The van der Waals surface area contributed by atoms with Gasteiger partial charge >= 0.3 is 0 Å². The Kier molecular flexibility index (Phi) is 4.19. The van der Waals surface area contributed by atoms with Gasteiger partial charge in [0.1, 0.15) is 0 Å². The van der Waals surface area contributed by atoms with E-state index in [-0.39, 0.29) is 12.2 Å². The molecule has 0 aromatic heterocycles. The van der Waals surface area contributed by atoms with Crippen molar-refractivity contribution in [2.75, 3.05) is 11.5 Å². The topological polar surface area (TPSA) is 0 Å². The van der Waals surface area contributed by atoms with Gasteiger partial charge in [-0.25, -0.2) is 8.78 Å². The summed E-state index contributed by atoms with van der Waals surface area (Å²) in [4.78, 5) is 0. The van der Waals surface area contributed by atoms with Crippen molar-refractivity contribution in [3.05, 3.63) is 0 Å². The number of rotatable bonds is 0. The Labute approximate surface area is 59.0 Å². The quantitative estimate of drug-likeness (QED) is 0.517. The maximum atomic E-state index is 11.9. The average Bonchev–Trinajstić information content (AvgIpc) is 2.19. The van der Waals surface area contributed by atoms with Gasteiger partial charge in [0.25, 0.3) is 5.92 Å². The first-order valence-corrected chi connectivity index (χ1v) is 4.32. The van der Waals surface area contributed by atoms with E-state index in [0.29, 0.717) is 5.75 Å². The monoisotopic (exact) mass is 154 g/mol. The van der Waals surface area contributed by atoms with E-state index in [2.05, 4.69) is 0 Å². The van der Waals surface area contributed by atoms with Gasteiger partial charge < -0.3 is 0 Å². The normalized spacial score (nSPS) is 22.7. The van der Waals surface area contributed by atoms with Crippen LogP contribution in [0.3, 0.4) is 0 Å². The van der Waals surface area contributed by atoms with Crippen molar-refractivity contribution < 1.29 is 8.78 Å². The van der Waals surface area contributed by atoms with Gasteiger partial charge in [0.05, 0.1) is 5.75 Å². The number of halogens is 2. The van der Waals surface area contributed by atoms with Gasteiger partial charge in [-0.05, 0) is 5.75 Å². The molecule has 0 saturated carbocycles. The molecule has 0 aromatic rings. The summed E-state index contributed by atoms with van der Waals surface area (Å²) in [7, 11) is 0. The molecule has 0 nitrogen and oxygen atoms in total. The standard InChI is InChI=1S/C4H6F2S.C2H6/c5-4(6)1-2-7-3-4;1-2/h1-3H2;1-2H3. The van der Waals surface area contributed by atoms with Gasteiger partial charge in [0.2, 0.25) is 0 Å². The summed E-state index contributed by atoms with van der Waals surface area (Å²) >= 11 is 1.33. The van der Waals surface area contributed by atoms with Crippen LogP contribution in [0.25, 0.3) is 0 Å². The Morgan fingerprint density at radius 2 is 1.89 bits per heavy atom. The molecular weight excluding hydrogens is 142 g/mol. The van der Waals surface area contributed by atoms with Gasteiger partial charge in [-0.15, -0.1) is 0 Å². The second kappa shape index (κ2) is 4.09. The third-order valence-corrected chi connectivity index (χ3v) is 2.04. The molecule has 0 unspecified atom stereocenters. The van der Waals surface area contributed by atoms with Crippen molar-refractivity contribution in [3.63, 3.8) is 0 Å². The SMILES string of the molecule is CC.FC1(F)CCSC1. The summed E-state index contributed by atoms with van der Waals surface area (Å²) in [5.74, 6) is -1.68. The zero-order valence-corrected chi connectivity index (χ0v) is 6.60. The Morgan fingerprint density at radius 1 is 1.33 bits per heavy atom. The molecule has 56 valence electrons. The smallest absolute Gasteiger partial charge is 0.206 e. The highest BCUT2D eigenvalue weighted by molar-refractivity contribution is 7.99. The molecule has 3 heteroatoms. The molecule has 0 atom stereocenters. The molecule has 1 rings (SSSR count). The lowest BCUT2D eigenvalue weighted by Crippen LogP contribution is -2.12. The van der Waals surface area contributed by atoms with Gasteiger partial charge in [0.15, 0.2) is 0 Å². The van der Waals surface area contributed by atoms with Crippen LogP contribution < -0.4 is 0 Å². The first-order valence-electron chi connectivity index (χ1n) is 3.16. The maximum Gasteiger partial charge on any atom is 0.257 e. The minimum absolute atomic E-state index is 0.0347. The molecule has 0 amide bonds. The zero-order valence-electron chi connectivity index (χ0n) is 5.79. The fourth-order valence-electron chi connectivity index (χ4n) is 0.515. The Morgan fingerprint density at radius 3 is 2.00 bits per heavy atom. The van der Waals surface area contributed by atoms with Crippen molar-refractivity contribution in [2.45, 2.75) is 26.2 Å². The molecule has 0 aromatic carbocycles. The van der Waals surface area contributed by atoms with Crippen LogP contribution in [-0.4, -0.2) is 17.4 Å². The maximum absolute atomic E-state index is 11.9. The molecular formula is C6H12F2S. The molecule has 1 heterocycles. The summed E-state index contributed by atoms with van der Waals surface area (Å²) in [6.07, 6.45) is 0.0810. The largest absolute Gasteiger partial charge is 0.257 e. The van der Waals surface area contributed by atoms with Crippen LogP contribution in [0.1, 0.15) is 20.3 Å². The van der Waals surface area contributed by atoms with E-state index in [0.717, 1.165) is 0 Å². The number of thioether (sulfide) groups is 1. The number of alkyl halides is 2. The number of hydrogen-bond acceptors (Lipinski definition) is 1. The molecule has 0 N–H and O–H groups in total. The molecule has 1 aliphatic heterocycles. The highest BCUT2D eigenvalue weighted by atomic mass is 32.2. The summed E-state index contributed by atoms with van der Waals surface area (Å²) in [6.45, 7) is 4.00. The summed E-state index contributed by atoms with van der Waals surface area (Å²) in [5, 5.41) is 0. The zero-order chi connectivity index (χ0) is 7.33. The second-order valence-corrected chi connectivity index (χ2v) is 2.76. The van der Waals surface area contributed by atoms with Crippen molar-refractivity contribution in [3.8, 4) is 0 Å². The highest BCUT2D eigenvalue weighted by Crippen LogP contribution is 2.32. The molecule has 0 spiro atoms. The third kappa shape index (κ3) is 3.73. The minimum atomic E-state index is -2.34. The van der Waals surface area contributed by atoms with Crippen LogP contribution in [0.4, 0.5) is 8.78 Å². The molecule has 0 bridgehead atoms. The predicted octanol–water partition coefficient (Wildman–Crippen LogP) is 2.78. The third-order valence-electron chi connectivity index (χ3n) is 0.925. The number of hydrogen-bond donors (Lipinski definition) is 0. The van der Waals surface area contributed by atoms with Crippen LogP contribution in [0.15, 0.2) is 0 Å². The molecule has 0 aliphatic carbocycles. The van der Waals surface area contributed by atoms with Crippen LogP contribution in [0, 0.1) is 0 Å². The van der Waals surface area contributed by atoms with Crippen LogP contribution in [0.2, 0.25) is 0 Å². The Bertz CT molecular complexity index is 65.5. The van der Waals surface area contributed by atoms with Crippen molar-refractivity contribution in [1.29, 1.82) is 0 Å². The van der Waals surface area contributed by atoms with E-state index in [4.69, 9.17) is 0 Å². The highest BCUT2D eigenvalue weighted by Gasteiger charge is 2.33. The minimum Gasteiger partial charge on any atom is -0.206 e. The summed E-state index contributed by atoms with van der Waals surface area (Å²) in [6, 6.07) is 0. The molecule has 1 aliphatic rings. The Balaban J connectivity index is 0.000000291.